The zero-order valence-electron chi connectivity index (χ0n) is 12.3. The molecule has 0 aromatic heterocycles. The van der Waals surface area contributed by atoms with Gasteiger partial charge in [0.25, 0.3) is 0 Å². The molecule has 1 aromatic rings. The summed E-state index contributed by atoms with van der Waals surface area (Å²) in [5.41, 5.74) is 0.629. The van der Waals surface area contributed by atoms with Crippen LogP contribution in [0.15, 0.2) is 24.3 Å². The number of benzene rings is 1. The Morgan fingerprint density at radius 2 is 1.59 bits per heavy atom. The van der Waals surface area contributed by atoms with Crippen molar-refractivity contribution < 1.29 is 14.7 Å². The van der Waals surface area contributed by atoms with Gasteiger partial charge >= 0.3 is 0 Å². The minimum Gasteiger partial charge on any atom is -0.387 e. The van der Waals surface area contributed by atoms with Gasteiger partial charge in [-0.15, -0.1) is 0 Å². The Morgan fingerprint density at radius 3 is 2.09 bits per heavy atom. The molecular formula is C16H19ClN2O3. The highest BCUT2D eigenvalue weighted by Gasteiger charge is 2.53. The smallest absolute Gasteiger partial charge is 0.248 e. The summed E-state index contributed by atoms with van der Waals surface area (Å²) >= 11 is 5.92. The number of aliphatic hydroxyl groups is 1. The molecule has 0 unspecified atom stereocenters. The van der Waals surface area contributed by atoms with E-state index in [4.69, 9.17) is 16.7 Å². The molecule has 1 saturated heterocycles. The average molecular weight is 323 g/mol. The maximum atomic E-state index is 12.9. The van der Waals surface area contributed by atoms with Crippen LogP contribution in [0.1, 0.15) is 18.4 Å². The van der Waals surface area contributed by atoms with E-state index in [1.165, 1.54) is 0 Å². The third-order valence-corrected chi connectivity index (χ3v) is 4.86. The standard InChI is InChI=1S/C16H19ClN2O3/c17-13-3-1-12(2-4-13)16(5-6-16)15(22)19-9-7-18(8-10-19)14(21)11-20/h1-4,20H,5-11H2. The number of halogens is 1. The second-order valence-corrected chi connectivity index (χ2v) is 6.36. The molecule has 0 radical (unpaired) electrons. The SMILES string of the molecule is O=C(CO)N1CCN(C(=O)C2(c3ccc(Cl)cc3)CC2)CC1. The van der Waals surface area contributed by atoms with Crippen LogP contribution in [-0.2, 0) is 15.0 Å². The summed E-state index contributed by atoms with van der Waals surface area (Å²) in [6, 6.07) is 7.50. The van der Waals surface area contributed by atoms with Gasteiger partial charge in [-0.05, 0) is 30.5 Å². The number of rotatable bonds is 3. The minimum atomic E-state index is -0.470. The molecule has 1 aromatic carbocycles. The minimum absolute atomic E-state index is 0.144. The second kappa shape index (κ2) is 5.89. The van der Waals surface area contributed by atoms with Crippen molar-refractivity contribution in [3.8, 4) is 0 Å². The maximum absolute atomic E-state index is 12.9. The molecule has 1 N–H and O–H groups in total. The van der Waals surface area contributed by atoms with Crippen molar-refractivity contribution in [3.05, 3.63) is 34.9 Å². The monoisotopic (exact) mass is 322 g/mol. The van der Waals surface area contributed by atoms with Crippen molar-refractivity contribution in [1.29, 1.82) is 0 Å². The number of nitrogens with zero attached hydrogens (tertiary/aromatic N) is 2. The van der Waals surface area contributed by atoms with Crippen molar-refractivity contribution >= 4 is 23.4 Å². The molecular weight excluding hydrogens is 304 g/mol. The number of aliphatic hydroxyl groups excluding tert-OH is 1. The Labute approximate surface area is 134 Å². The van der Waals surface area contributed by atoms with Gasteiger partial charge < -0.3 is 14.9 Å². The molecule has 3 rings (SSSR count). The van der Waals surface area contributed by atoms with Gasteiger partial charge in [0.05, 0.1) is 5.41 Å². The van der Waals surface area contributed by atoms with E-state index in [1.54, 1.807) is 4.90 Å². The molecule has 1 heterocycles. The van der Waals surface area contributed by atoms with Gasteiger partial charge in [0.15, 0.2) is 0 Å². The van der Waals surface area contributed by atoms with Gasteiger partial charge in [-0.1, -0.05) is 23.7 Å². The second-order valence-electron chi connectivity index (χ2n) is 5.92. The Morgan fingerprint density at radius 1 is 1.05 bits per heavy atom. The highest BCUT2D eigenvalue weighted by Crippen LogP contribution is 2.49. The fourth-order valence-electron chi connectivity index (χ4n) is 3.08. The molecule has 2 amide bonds. The first-order valence-corrected chi connectivity index (χ1v) is 7.89. The van der Waals surface area contributed by atoms with Gasteiger partial charge in [-0.2, -0.15) is 0 Å². The van der Waals surface area contributed by atoms with E-state index in [0.717, 1.165) is 18.4 Å². The summed E-state index contributed by atoms with van der Waals surface area (Å²) in [5, 5.41) is 9.56. The van der Waals surface area contributed by atoms with E-state index in [1.807, 2.05) is 29.2 Å². The molecule has 22 heavy (non-hydrogen) atoms. The lowest BCUT2D eigenvalue weighted by molar-refractivity contribution is -0.142. The zero-order chi connectivity index (χ0) is 15.7. The van der Waals surface area contributed by atoms with Crippen molar-refractivity contribution in [3.63, 3.8) is 0 Å². The van der Waals surface area contributed by atoms with Crippen LogP contribution in [0.25, 0.3) is 0 Å². The molecule has 0 spiro atoms. The van der Waals surface area contributed by atoms with Crippen molar-refractivity contribution in [2.75, 3.05) is 32.8 Å². The average Bonchev–Trinajstić information content (AvgIpc) is 3.36. The van der Waals surface area contributed by atoms with Crippen LogP contribution in [0.3, 0.4) is 0 Å². The van der Waals surface area contributed by atoms with Gasteiger partial charge in [0, 0.05) is 31.2 Å². The summed E-state index contributed by atoms with van der Waals surface area (Å²) in [6.45, 7) is 1.56. The number of carbonyl (C=O) groups excluding carboxylic acids is 2. The summed E-state index contributed by atoms with van der Waals surface area (Å²) in [4.78, 5) is 27.8. The van der Waals surface area contributed by atoms with Gasteiger partial charge in [-0.3, -0.25) is 9.59 Å². The predicted octanol–water partition coefficient (Wildman–Crippen LogP) is 1.03. The van der Waals surface area contributed by atoms with Crippen molar-refractivity contribution in [1.82, 2.24) is 9.80 Å². The third kappa shape index (κ3) is 2.71. The van der Waals surface area contributed by atoms with Crippen LogP contribution in [0.4, 0.5) is 0 Å². The van der Waals surface area contributed by atoms with Gasteiger partial charge in [-0.25, -0.2) is 0 Å². The van der Waals surface area contributed by atoms with Crippen LogP contribution in [0.2, 0.25) is 5.02 Å². The van der Waals surface area contributed by atoms with Crippen LogP contribution in [0, 0.1) is 0 Å². The van der Waals surface area contributed by atoms with E-state index >= 15 is 0 Å². The summed E-state index contributed by atoms with van der Waals surface area (Å²) < 4.78 is 0. The zero-order valence-corrected chi connectivity index (χ0v) is 13.1. The number of hydrogen-bond acceptors (Lipinski definition) is 3. The number of piperazine rings is 1. The van der Waals surface area contributed by atoms with Crippen LogP contribution >= 0.6 is 11.6 Å². The molecule has 2 aliphatic rings. The summed E-state index contributed by atoms with van der Waals surface area (Å²) in [5.74, 6) is -0.128. The molecule has 2 fully saturated rings. The van der Waals surface area contributed by atoms with Crippen LogP contribution < -0.4 is 0 Å². The topological polar surface area (TPSA) is 60.9 Å². The molecule has 1 aliphatic carbocycles. The highest BCUT2D eigenvalue weighted by molar-refractivity contribution is 6.30. The van der Waals surface area contributed by atoms with Gasteiger partial charge in [0.2, 0.25) is 11.8 Å². The van der Waals surface area contributed by atoms with E-state index < -0.39 is 12.0 Å². The lowest BCUT2D eigenvalue weighted by atomic mass is 9.94. The van der Waals surface area contributed by atoms with E-state index in [9.17, 15) is 9.59 Å². The van der Waals surface area contributed by atoms with E-state index in [0.29, 0.717) is 31.2 Å². The Balaban J connectivity index is 1.67. The molecule has 6 heteroatoms. The molecule has 1 aliphatic heterocycles. The molecule has 5 nitrogen and oxygen atoms in total. The Bertz CT molecular complexity index is 576. The third-order valence-electron chi connectivity index (χ3n) is 4.61. The molecule has 1 saturated carbocycles. The molecule has 118 valence electrons. The summed E-state index contributed by atoms with van der Waals surface area (Å²) in [7, 11) is 0. The fourth-order valence-corrected chi connectivity index (χ4v) is 3.21. The maximum Gasteiger partial charge on any atom is 0.248 e. The van der Waals surface area contributed by atoms with Gasteiger partial charge in [0.1, 0.15) is 6.61 Å². The summed E-state index contributed by atoms with van der Waals surface area (Å²) in [6.07, 6.45) is 1.73. The predicted molar refractivity (Wildman–Crippen MR) is 82.6 cm³/mol. The normalized spacial score (nSPS) is 19.9. The number of carbonyl (C=O) groups is 2. The number of amides is 2. The van der Waals surface area contributed by atoms with Crippen molar-refractivity contribution in [2.45, 2.75) is 18.3 Å². The largest absolute Gasteiger partial charge is 0.387 e. The highest BCUT2D eigenvalue weighted by atomic mass is 35.5. The lowest BCUT2D eigenvalue weighted by Gasteiger charge is -2.36. The molecule has 0 bridgehead atoms. The van der Waals surface area contributed by atoms with Crippen molar-refractivity contribution in [2.24, 2.45) is 0 Å². The van der Waals surface area contributed by atoms with Crippen LogP contribution in [-0.4, -0.2) is 59.5 Å². The Hall–Kier alpha value is -1.59. The first-order valence-electron chi connectivity index (χ1n) is 7.51. The van der Waals surface area contributed by atoms with E-state index in [2.05, 4.69) is 0 Å². The van der Waals surface area contributed by atoms with Crippen LogP contribution in [0.5, 0.6) is 0 Å². The lowest BCUT2D eigenvalue weighted by Crippen LogP contribution is -2.53. The van der Waals surface area contributed by atoms with E-state index in [-0.39, 0.29) is 11.8 Å². The molecule has 0 atom stereocenters. The first kappa shape index (κ1) is 15.3. The first-order chi connectivity index (χ1) is 10.6. The fraction of sp³-hybridized carbons (Fsp3) is 0.500. The Kier molecular flexibility index (Phi) is 4.10. The quantitative estimate of drug-likeness (QED) is 0.904. The number of hydrogen-bond donors (Lipinski definition) is 1.